The fourth-order valence-electron chi connectivity index (χ4n) is 1.09. The maximum absolute atomic E-state index is 8.98. The summed E-state index contributed by atoms with van der Waals surface area (Å²) in [5.41, 5.74) is 1.23. The number of aryl methyl sites for hydroxylation is 1. The van der Waals surface area contributed by atoms with Gasteiger partial charge in [-0.25, -0.2) is 0 Å². The molecule has 0 bridgehead atoms. The smallest absolute Gasteiger partial charge is 0.0636 e. The Labute approximate surface area is 73.0 Å². The Morgan fingerprint density at radius 1 is 1.67 bits per heavy atom. The van der Waals surface area contributed by atoms with E-state index in [1.807, 2.05) is 19.3 Å². The van der Waals surface area contributed by atoms with E-state index in [1.54, 1.807) is 6.92 Å². The molecule has 0 amide bonds. The second kappa shape index (κ2) is 4.28. The molecule has 1 aromatic heterocycles. The van der Waals surface area contributed by atoms with Gasteiger partial charge in [0.2, 0.25) is 0 Å². The summed E-state index contributed by atoms with van der Waals surface area (Å²) < 4.78 is 2.06. The minimum absolute atomic E-state index is 0.273. The number of hydrogen-bond donors (Lipinski definition) is 2. The number of nitrogens with zero attached hydrogens (tertiary/aromatic N) is 1. The molecule has 0 aromatic carbocycles. The molecule has 3 nitrogen and oxygen atoms in total. The van der Waals surface area contributed by atoms with E-state index in [1.165, 1.54) is 5.69 Å². The van der Waals surface area contributed by atoms with Crippen molar-refractivity contribution in [3.05, 3.63) is 24.0 Å². The topological polar surface area (TPSA) is 37.2 Å². The summed E-state index contributed by atoms with van der Waals surface area (Å²) in [6.45, 7) is 3.23. The Hall–Kier alpha value is -0.800. The molecular formula is C9H16N2O. The van der Waals surface area contributed by atoms with E-state index in [9.17, 15) is 0 Å². The quantitative estimate of drug-likeness (QED) is 0.686. The van der Waals surface area contributed by atoms with Crippen molar-refractivity contribution in [1.29, 1.82) is 0 Å². The Morgan fingerprint density at radius 3 is 2.92 bits per heavy atom. The zero-order valence-electron chi connectivity index (χ0n) is 7.62. The first kappa shape index (κ1) is 9.29. The number of rotatable bonds is 4. The lowest BCUT2D eigenvalue weighted by Gasteiger charge is -2.07. The van der Waals surface area contributed by atoms with Crippen molar-refractivity contribution in [2.75, 3.05) is 6.54 Å². The van der Waals surface area contributed by atoms with Gasteiger partial charge in [-0.15, -0.1) is 0 Å². The van der Waals surface area contributed by atoms with Crippen LogP contribution in [-0.4, -0.2) is 22.3 Å². The van der Waals surface area contributed by atoms with Crippen LogP contribution in [0, 0.1) is 0 Å². The molecule has 0 radical (unpaired) electrons. The number of hydrogen-bond acceptors (Lipinski definition) is 2. The van der Waals surface area contributed by atoms with Gasteiger partial charge in [-0.05, 0) is 19.1 Å². The van der Waals surface area contributed by atoms with Crippen LogP contribution < -0.4 is 5.32 Å². The zero-order valence-corrected chi connectivity index (χ0v) is 7.62. The molecule has 12 heavy (non-hydrogen) atoms. The summed E-state index contributed by atoms with van der Waals surface area (Å²) in [5.74, 6) is 0. The normalized spacial score (nSPS) is 13.2. The molecule has 0 aliphatic heterocycles. The molecule has 1 atom stereocenters. The predicted octanol–water partition coefficient (Wildman–Crippen LogP) is 0.495. The van der Waals surface area contributed by atoms with Crippen LogP contribution in [0.15, 0.2) is 18.3 Å². The van der Waals surface area contributed by atoms with Crippen molar-refractivity contribution in [3.8, 4) is 0 Å². The molecule has 0 saturated carbocycles. The Balaban J connectivity index is 2.29. The maximum atomic E-state index is 8.98. The molecule has 0 aliphatic carbocycles. The van der Waals surface area contributed by atoms with Crippen LogP contribution in [-0.2, 0) is 13.6 Å². The van der Waals surface area contributed by atoms with E-state index in [0.29, 0.717) is 6.54 Å². The number of aliphatic hydroxyl groups is 1. The minimum Gasteiger partial charge on any atom is -0.392 e. The van der Waals surface area contributed by atoms with Gasteiger partial charge in [0, 0.05) is 32.0 Å². The predicted molar refractivity (Wildman–Crippen MR) is 48.8 cm³/mol. The highest BCUT2D eigenvalue weighted by Gasteiger charge is 1.97. The first-order valence-electron chi connectivity index (χ1n) is 4.19. The van der Waals surface area contributed by atoms with Crippen LogP contribution in [0.1, 0.15) is 12.6 Å². The number of aromatic nitrogens is 1. The molecule has 1 rings (SSSR count). The van der Waals surface area contributed by atoms with E-state index in [2.05, 4.69) is 16.0 Å². The van der Waals surface area contributed by atoms with Gasteiger partial charge >= 0.3 is 0 Å². The van der Waals surface area contributed by atoms with E-state index >= 15 is 0 Å². The summed E-state index contributed by atoms with van der Waals surface area (Å²) in [6.07, 6.45) is 1.74. The first-order chi connectivity index (χ1) is 5.70. The third-order valence-electron chi connectivity index (χ3n) is 1.80. The average Bonchev–Trinajstić information content (AvgIpc) is 2.36. The van der Waals surface area contributed by atoms with E-state index in [0.717, 1.165) is 6.54 Å². The van der Waals surface area contributed by atoms with Gasteiger partial charge in [0.05, 0.1) is 6.10 Å². The Kier molecular flexibility index (Phi) is 3.31. The van der Waals surface area contributed by atoms with Crippen molar-refractivity contribution in [2.24, 2.45) is 7.05 Å². The molecular weight excluding hydrogens is 152 g/mol. The summed E-state index contributed by atoms with van der Waals surface area (Å²) in [7, 11) is 2.01. The van der Waals surface area contributed by atoms with Crippen molar-refractivity contribution < 1.29 is 5.11 Å². The fourth-order valence-corrected chi connectivity index (χ4v) is 1.09. The van der Waals surface area contributed by atoms with Crippen molar-refractivity contribution in [1.82, 2.24) is 9.88 Å². The van der Waals surface area contributed by atoms with Crippen LogP contribution >= 0.6 is 0 Å². The third-order valence-corrected chi connectivity index (χ3v) is 1.80. The molecule has 0 unspecified atom stereocenters. The van der Waals surface area contributed by atoms with E-state index in [-0.39, 0.29) is 6.10 Å². The van der Waals surface area contributed by atoms with Gasteiger partial charge in [0.15, 0.2) is 0 Å². The standard InChI is InChI=1S/C9H16N2O/c1-8(12)6-10-7-9-4-3-5-11(9)2/h3-5,8,10,12H,6-7H2,1-2H3/t8-/m1/s1. The Bertz CT molecular complexity index is 230. The summed E-state index contributed by atoms with van der Waals surface area (Å²) in [5, 5.41) is 12.1. The van der Waals surface area contributed by atoms with Crippen LogP contribution in [0.5, 0.6) is 0 Å². The van der Waals surface area contributed by atoms with Crippen LogP contribution in [0.2, 0.25) is 0 Å². The molecule has 3 heteroatoms. The average molecular weight is 168 g/mol. The molecule has 0 aliphatic rings. The van der Waals surface area contributed by atoms with Gasteiger partial charge in [-0.1, -0.05) is 0 Å². The lowest BCUT2D eigenvalue weighted by Crippen LogP contribution is -2.24. The summed E-state index contributed by atoms with van der Waals surface area (Å²) in [6, 6.07) is 4.08. The first-order valence-corrected chi connectivity index (χ1v) is 4.19. The molecule has 0 spiro atoms. The molecule has 68 valence electrons. The zero-order chi connectivity index (χ0) is 8.97. The lowest BCUT2D eigenvalue weighted by molar-refractivity contribution is 0.190. The van der Waals surface area contributed by atoms with Crippen LogP contribution in [0.25, 0.3) is 0 Å². The largest absolute Gasteiger partial charge is 0.392 e. The monoisotopic (exact) mass is 168 g/mol. The maximum Gasteiger partial charge on any atom is 0.0636 e. The number of aliphatic hydroxyl groups excluding tert-OH is 1. The van der Waals surface area contributed by atoms with E-state index in [4.69, 9.17) is 5.11 Å². The van der Waals surface area contributed by atoms with Crippen molar-refractivity contribution >= 4 is 0 Å². The van der Waals surface area contributed by atoms with Crippen LogP contribution in [0.3, 0.4) is 0 Å². The molecule has 0 fully saturated rings. The Morgan fingerprint density at radius 2 is 2.42 bits per heavy atom. The fraction of sp³-hybridized carbons (Fsp3) is 0.556. The molecule has 1 heterocycles. The van der Waals surface area contributed by atoms with Crippen molar-refractivity contribution in [3.63, 3.8) is 0 Å². The van der Waals surface area contributed by atoms with Gasteiger partial charge in [0.1, 0.15) is 0 Å². The second-order valence-electron chi connectivity index (χ2n) is 3.09. The van der Waals surface area contributed by atoms with E-state index < -0.39 is 0 Å². The van der Waals surface area contributed by atoms with Gasteiger partial charge in [-0.2, -0.15) is 0 Å². The van der Waals surface area contributed by atoms with Gasteiger partial charge in [0.25, 0.3) is 0 Å². The van der Waals surface area contributed by atoms with Gasteiger partial charge in [-0.3, -0.25) is 0 Å². The summed E-state index contributed by atoms with van der Waals surface area (Å²) >= 11 is 0. The number of nitrogens with one attached hydrogen (secondary N) is 1. The minimum atomic E-state index is -0.273. The molecule has 0 saturated heterocycles. The highest BCUT2D eigenvalue weighted by atomic mass is 16.3. The van der Waals surface area contributed by atoms with Gasteiger partial charge < -0.3 is 15.0 Å². The third kappa shape index (κ3) is 2.68. The highest BCUT2D eigenvalue weighted by Crippen LogP contribution is 1.97. The van der Waals surface area contributed by atoms with Crippen LogP contribution in [0.4, 0.5) is 0 Å². The molecule has 1 aromatic rings. The summed E-state index contributed by atoms with van der Waals surface area (Å²) in [4.78, 5) is 0. The van der Waals surface area contributed by atoms with Crippen molar-refractivity contribution in [2.45, 2.75) is 19.6 Å². The highest BCUT2D eigenvalue weighted by molar-refractivity contribution is 5.05. The lowest BCUT2D eigenvalue weighted by atomic mass is 10.4. The molecule has 2 N–H and O–H groups in total. The second-order valence-corrected chi connectivity index (χ2v) is 3.09. The SMILES string of the molecule is C[C@@H](O)CNCc1cccn1C.